The van der Waals surface area contributed by atoms with E-state index in [4.69, 9.17) is 0 Å². The normalized spacial score (nSPS) is 17.5. The van der Waals surface area contributed by atoms with E-state index in [9.17, 15) is 4.79 Å². The first-order valence-corrected chi connectivity index (χ1v) is 7.83. The zero-order valence-electron chi connectivity index (χ0n) is 11.5. The Kier molecular flexibility index (Phi) is 4.35. The number of benzene rings is 1. The van der Waals surface area contributed by atoms with Crippen molar-refractivity contribution in [3.8, 4) is 0 Å². The van der Waals surface area contributed by atoms with Crippen LogP contribution in [0.3, 0.4) is 0 Å². The summed E-state index contributed by atoms with van der Waals surface area (Å²) in [5, 5.41) is 3.86. The Morgan fingerprint density at radius 1 is 1.38 bits per heavy atom. The smallest absolute Gasteiger partial charge is 0.245 e. The number of carbonyl (C=O) groups is 1. The molecule has 0 spiro atoms. The van der Waals surface area contributed by atoms with Gasteiger partial charge >= 0.3 is 0 Å². The monoisotopic (exact) mass is 300 g/mol. The molecule has 0 bridgehead atoms. The van der Waals surface area contributed by atoms with Crippen LogP contribution in [0.1, 0.15) is 11.4 Å². The van der Waals surface area contributed by atoms with E-state index in [0.717, 1.165) is 16.4 Å². The number of hydrogen-bond donors (Lipinski definition) is 2. The molecule has 6 heteroatoms. The fraction of sp³-hybridized carbons (Fsp3) is 0.267. The van der Waals surface area contributed by atoms with Crippen molar-refractivity contribution in [1.29, 1.82) is 0 Å². The molecule has 2 aromatic rings. The number of hydrogen-bond acceptors (Lipinski definition) is 4. The minimum Gasteiger partial charge on any atom is -0.354 e. The van der Waals surface area contributed by atoms with Gasteiger partial charge in [0, 0.05) is 36.7 Å². The molecule has 108 valence electrons. The van der Waals surface area contributed by atoms with E-state index in [0.29, 0.717) is 18.7 Å². The van der Waals surface area contributed by atoms with Gasteiger partial charge in [-0.3, -0.25) is 9.79 Å². The molecule has 5 nitrogen and oxygen atoms in total. The molecule has 2 heterocycles. The van der Waals surface area contributed by atoms with Crippen molar-refractivity contribution in [2.45, 2.75) is 12.5 Å². The van der Waals surface area contributed by atoms with Crippen LogP contribution in [0.15, 0.2) is 47.7 Å². The summed E-state index contributed by atoms with van der Waals surface area (Å²) in [6.45, 7) is 0.573. The first-order chi connectivity index (χ1) is 10.3. The highest BCUT2D eigenvalue weighted by Crippen LogP contribution is 2.23. The van der Waals surface area contributed by atoms with Gasteiger partial charge in [-0.2, -0.15) is 0 Å². The summed E-state index contributed by atoms with van der Waals surface area (Å²) < 4.78 is 0. The van der Waals surface area contributed by atoms with E-state index >= 15 is 0 Å². The van der Waals surface area contributed by atoms with Gasteiger partial charge in [-0.1, -0.05) is 30.3 Å². The first kappa shape index (κ1) is 13.9. The highest BCUT2D eigenvalue weighted by atomic mass is 32.2. The maximum absolute atomic E-state index is 12.1. The number of rotatable bonds is 5. The Morgan fingerprint density at radius 3 is 3.00 bits per heavy atom. The lowest BCUT2D eigenvalue weighted by molar-refractivity contribution is -0.121. The van der Waals surface area contributed by atoms with Crippen molar-refractivity contribution >= 4 is 22.7 Å². The molecular weight excluding hydrogens is 284 g/mol. The summed E-state index contributed by atoms with van der Waals surface area (Å²) in [5.74, 6) is 1.57. The van der Waals surface area contributed by atoms with Crippen LogP contribution >= 0.6 is 11.8 Å². The third kappa shape index (κ3) is 3.52. The summed E-state index contributed by atoms with van der Waals surface area (Å²) in [6.07, 6.45) is 4.19. The molecule has 1 aliphatic heterocycles. The first-order valence-electron chi connectivity index (χ1n) is 6.85. The van der Waals surface area contributed by atoms with Crippen molar-refractivity contribution in [3.05, 3.63) is 54.1 Å². The van der Waals surface area contributed by atoms with Gasteiger partial charge in [-0.05, 0) is 0 Å². The average molecular weight is 300 g/mol. The largest absolute Gasteiger partial charge is 0.354 e. The summed E-state index contributed by atoms with van der Waals surface area (Å²) in [6, 6.07) is 9.68. The van der Waals surface area contributed by atoms with E-state index in [-0.39, 0.29) is 11.9 Å². The van der Waals surface area contributed by atoms with Gasteiger partial charge in [-0.15, -0.1) is 11.8 Å². The molecular formula is C15H16N4OS. The third-order valence-electron chi connectivity index (χ3n) is 3.19. The lowest BCUT2D eigenvalue weighted by Crippen LogP contribution is -2.35. The van der Waals surface area contributed by atoms with Gasteiger partial charge in [0.25, 0.3) is 0 Å². The van der Waals surface area contributed by atoms with Crippen LogP contribution in [0, 0.1) is 0 Å². The number of imidazole rings is 1. The zero-order valence-corrected chi connectivity index (χ0v) is 12.3. The molecule has 0 radical (unpaired) electrons. The standard InChI is InChI=1S/C15H16N4OS/c20-14(18-7-6-13-16-8-9-17-13)12-10-21-15(19-12)11-4-2-1-3-5-11/h1-5,8-9,12H,6-7,10H2,(H,16,17)(H,18,20). The number of nitrogens with one attached hydrogen (secondary N) is 2. The van der Waals surface area contributed by atoms with Crippen LogP contribution in [0.4, 0.5) is 0 Å². The highest BCUT2D eigenvalue weighted by molar-refractivity contribution is 8.14. The maximum atomic E-state index is 12.1. The van der Waals surface area contributed by atoms with Crippen LogP contribution in [-0.2, 0) is 11.2 Å². The number of aromatic nitrogens is 2. The highest BCUT2D eigenvalue weighted by Gasteiger charge is 2.25. The minimum atomic E-state index is -0.290. The minimum absolute atomic E-state index is 0.0139. The molecule has 21 heavy (non-hydrogen) atoms. The predicted molar refractivity (Wildman–Crippen MR) is 84.5 cm³/mol. The third-order valence-corrected chi connectivity index (χ3v) is 4.29. The van der Waals surface area contributed by atoms with Crippen molar-refractivity contribution in [2.24, 2.45) is 4.99 Å². The number of aliphatic imine (C=N–C) groups is 1. The average Bonchev–Trinajstić information content (AvgIpc) is 3.20. The Hall–Kier alpha value is -2.08. The number of thioether (sulfide) groups is 1. The predicted octanol–water partition coefficient (Wildman–Crippen LogP) is 1.63. The molecule has 1 aromatic carbocycles. The second-order valence-electron chi connectivity index (χ2n) is 4.70. The second kappa shape index (κ2) is 6.58. The topological polar surface area (TPSA) is 70.1 Å². The lowest BCUT2D eigenvalue weighted by Gasteiger charge is -2.06. The maximum Gasteiger partial charge on any atom is 0.245 e. The molecule has 1 unspecified atom stereocenters. The van der Waals surface area contributed by atoms with Crippen molar-refractivity contribution < 1.29 is 4.79 Å². The van der Waals surface area contributed by atoms with E-state index in [2.05, 4.69) is 20.3 Å². The Labute approximate surface area is 127 Å². The van der Waals surface area contributed by atoms with Gasteiger partial charge in [0.15, 0.2) is 0 Å². The molecule has 0 saturated heterocycles. The summed E-state index contributed by atoms with van der Waals surface area (Å²) in [4.78, 5) is 23.7. The molecule has 1 aromatic heterocycles. The Bertz CT molecular complexity index is 624. The van der Waals surface area contributed by atoms with E-state index in [1.54, 1.807) is 24.2 Å². The molecule has 3 rings (SSSR count). The van der Waals surface area contributed by atoms with Crippen molar-refractivity contribution in [3.63, 3.8) is 0 Å². The van der Waals surface area contributed by atoms with Crippen LogP contribution < -0.4 is 5.32 Å². The molecule has 2 N–H and O–H groups in total. The fourth-order valence-electron chi connectivity index (χ4n) is 2.10. The van der Waals surface area contributed by atoms with Crippen LogP contribution in [-0.4, -0.2) is 39.3 Å². The Morgan fingerprint density at radius 2 is 2.24 bits per heavy atom. The summed E-state index contributed by atoms with van der Waals surface area (Å²) >= 11 is 1.63. The van der Waals surface area contributed by atoms with E-state index < -0.39 is 0 Å². The number of carbonyl (C=O) groups excluding carboxylic acids is 1. The van der Waals surface area contributed by atoms with Crippen LogP contribution in [0.5, 0.6) is 0 Å². The molecule has 0 aliphatic carbocycles. The zero-order chi connectivity index (χ0) is 14.5. The summed E-state index contributed by atoms with van der Waals surface area (Å²) in [5.41, 5.74) is 1.08. The lowest BCUT2D eigenvalue weighted by atomic mass is 10.2. The van der Waals surface area contributed by atoms with Gasteiger partial charge in [0.2, 0.25) is 5.91 Å². The second-order valence-corrected chi connectivity index (χ2v) is 5.71. The molecule has 1 amide bonds. The molecule has 1 aliphatic rings. The van der Waals surface area contributed by atoms with E-state index in [1.807, 2.05) is 30.3 Å². The quantitative estimate of drug-likeness (QED) is 0.881. The van der Waals surface area contributed by atoms with Crippen molar-refractivity contribution in [1.82, 2.24) is 15.3 Å². The number of aromatic amines is 1. The van der Waals surface area contributed by atoms with Gasteiger partial charge in [-0.25, -0.2) is 4.98 Å². The molecule has 0 saturated carbocycles. The van der Waals surface area contributed by atoms with Crippen molar-refractivity contribution in [2.75, 3.05) is 12.3 Å². The SMILES string of the molecule is O=C(NCCc1ncc[nH]1)C1CSC(c2ccccc2)=N1. The molecule has 0 fully saturated rings. The van der Waals surface area contributed by atoms with Gasteiger partial charge in [0.05, 0.1) is 5.04 Å². The Balaban J connectivity index is 1.53. The van der Waals surface area contributed by atoms with Crippen LogP contribution in [0.25, 0.3) is 0 Å². The van der Waals surface area contributed by atoms with Crippen LogP contribution in [0.2, 0.25) is 0 Å². The number of amides is 1. The fourth-order valence-corrected chi connectivity index (χ4v) is 3.15. The van der Waals surface area contributed by atoms with Gasteiger partial charge in [0.1, 0.15) is 11.9 Å². The van der Waals surface area contributed by atoms with E-state index in [1.165, 1.54) is 0 Å². The number of nitrogens with zero attached hydrogens (tertiary/aromatic N) is 2. The number of H-pyrrole nitrogens is 1. The molecule has 1 atom stereocenters. The van der Waals surface area contributed by atoms with Gasteiger partial charge < -0.3 is 10.3 Å². The summed E-state index contributed by atoms with van der Waals surface area (Å²) in [7, 11) is 0.